The van der Waals surface area contributed by atoms with Crippen molar-refractivity contribution in [2.45, 2.75) is 19.6 Å². The number of hydrogen-bond donors (Lipinski definition) is 1. The van der Waals surface area contributed by atoms with Crippen LogP contribution in [0.25, 0.3) is 0 Å². The summed E-state index contributed by atoms with van der Waals surface area (Å²) in [5.74, 6) is -0.123. The molecule has 0 bridgehead atoms. The van der Waals surface area contributed by atoms with Gasteiger partial charge in [-0.2, -0.15) is 0 Å². The summed E-state index contributed by atoms with van der Waals surface area (Å²) in [5.41, 5.74) is 1.06. The third-order valence-corrected chi connectivity index (χ3v) is 4.21. The minimum atomic E-state index is -1.07. The number of imide groups is 1. The van der Waals surface area contributed by atoms with Crippen molar-refractivity contribution in [2.24, 2.45) is 0 Å². The Kier molecular flexibility index (Phi) is 6.67. The average Bonchev–Trinajstić information content (AvgIpc) is 3.17. The number of rotatable bonds is 8. The SMILES string of the molecule is CC(OC(=O)COc1ccc(OCc2ccccc2)cc1)C(=O)N1CCNC1=O. The number of hydrogen-bond acceptors (Lipinski definition) is 6. The number of benzene rings is 2. The molecular formula is C21H22N2O6. The monoisotopic (exact) mass is 398 g/mol. The Bertz CT molecular complexity index is 853. The van der Waals surface area contributed by atoms with Crippen molar-refractivity contribution in [2.75, 3.05) is 19.7 Å². The van der Waals surface area contributed by atoms with E-state index in [1.165, 1.54) is 6.92 Å². The van der Waals surface area contributed by atoms with Gasteiger partial charge in [-0.1, -0.05) is 30.3 Å². The zero-order chi connectivity index (χ0) is 20.6. The summed E-state index contributed by atoms with van der Waals surface area (Å²) >= 11 is 0. The Balaban J connectivity index is 1.41. The van der Waals surface area contributed by atoms with Crippen molar-refractivity contribution < 1.29 is 28.6 Å². The van der Waals surface area contributed by atoms with Gasteiger partial charge in [0.05, 0.1) is 0 Å². The van der Waals surface area contributed by atoms with Gasteiger partial charge in [0, 0.05) is 13.1 Å². The molecule has 8 heteroatoms. The Hall–Kier alpha value is -3.55. The lowest BCUT2D eigenvalue weighted by molar-refractivity contribution is -0.159. The molecule has 2 aromatic carbocycles. The highest BCUT2D eigenvalue weighted by molar-refractivity contribution is 5.98. The molecule has 2 aromatic rings. The van der Waals surface area contributed by atoms with Gasteiger partial charge in [-0.3, -0.25) is 9.69 Å². The largest absolute Gasteiger partial charge is 0.489 e. The molecule has 0 saturated carbocycles. The molecular weight excluding hydrogens is 376 g/mol. The Morgan fingerprint density at radius 2 is 1.69 bits per heavy atom. The smallest absolute Gasteiger partial charge is 0.344 e. The summed E-state index contributed by atoms with van der Waals surface area (Å²) in [6, 6.07) is 16.1. The predicted molar refractivity (Wildman–Crippen MR) is 103 cm³/mol. The number of ether oxygens (including phenoxy) is 3. The molecule has 1 unspecified atom stereocenters. The number of nitrogens with zero attached hydrogens (tertiary/aromatic N) is 1. The summed E-state index contributed by atoms with van der Waals surface area (Å²) < 4.78 is 16.1. The second kappa shape index (κ2) is 9.59. The molecule has 0 aliphatic carbocycles. The van der Waals surface area contributed by atoms with Crippen molar-refractivity contribution in [1.82, 2.24) is 10.2 Å². The van der Waals surface area contributed by atoms with E-state index in [4.69, 9.17) is 14.2 Å². The molecule has 3 amide bonds. The molecule has 0 spiro atoms. The van der Waals surface area contributed by atoms with Crippen LogP contribution < -0.4 is 14.8 Å². The summed E-state index contributed by atoms with van der Waals surface area (Å²) in [6.45, 7) is 2.17. The average molecular weight is 398 g/mol. The molecule has 1 heterocycles. The molecule has 1 N–H and O–H groups in total. The lowest BCUT2D eigenvalue weighted by Crippen LogP contribution is -2.42. The number of carbonyl (C=O) groups excluding carboxylic acids is 3. The van der Waals surface area contributed by atoms with Gasteiger partial charge < -0.3 is 19.5 Å². The first-order valence-corrected chi connectivity index (χ1v) is 9.21. The molecule has 3 rings (SSSR count). The standard InChI is InChI=1S/C21H22N2O6/c1-15(20(25)23-12-11-22-21(23)26)29-19(24)14-28-18-9-7-17(8-10-18)27-13-16-5-3-2-4-6-16/h2-10,15H,11-14H2,1H3,(H,22,26). The molecule has 1 aliphatic rings. The summed E-state index contributed by atoms with van der Waals surface area (Å²) in [7, 11) is 0. The molecule has 0 radical (unpaired) electrons. The van der Waals surface area contributed by atoms with E-state index in [-0.39, 0.29) is 13.2 Å². The summed E-state index contributed by atoms with van der Waals surface area (Å²) in [5, 5.41) is 2.52. The quantitative estimate of drug-likeness (QED) is 0.685. The second-order valence-corrected chi connectivity index (χ2v) is 6.39. The lowest BCUT2D eigenvalue weighted by Gasteiger charge is -2.18. The maximum atomic E-state index is 12.1. The molecule has 1 aliphatic heterocycles. The van der Waals surface area contributed by atoms with Gasteiger partial charge in [-0.05, 0) is 36.8 Å². The third kappa shape index (κ3) is 5.71. The number of amides is 3. The van der Waals surface area contributed by atoms with Gasteiger partial charge in [0.1, 0.15) is 18.1 Å². The van der Waals surface area contributed by atoms with E-state index >= 15 is 0 Å². The fourth-order valence-electron chi connectivity index (χ4n) is 2.70. The molecule has 1 atom stereocenters. The minimum Gasteiger partial charge on any atom is -0.489 e. The van der Waals surface area contributed by atoms with Crippen LogP contribution in [0.5, 0.6) is 11.5 Å². The van der Waals surface area contributed by atoms with Gasteiger partial charge in [-0.15, -0.1) is 0 Å². The summed E-state index contributed by atoms with van der Waals surface area (Å²) in [4.78, 5) is 36.5. The fourth-order valence-corrected chi connectivity index (χ4v) is 2.70. The van der Waals surface area contributed by atoms with Crippen LogP contribution in [-0.4, -0.2) is 48.6 Å². The van der Waals surface area contributed by atoms with Gasteiger partial charge in [0.2, 0.25) is 0 Å². The van der Waals surface area contributed by atoms with Gasteiger partial charge in [-0.25, -0.2) is 9.59 Å². The summed E-state index contributed by atoms with van der Waals surface area (Å²) in [6.07, 6.45) is -1.07. The lowest BCUT2D eigenvalue weighted by atomic mass is 10.2. The first-order valence-electron chi connectivity index (χ1n) is 9.21. The zero-order valence-corrected chi connectivity index (χ0v) is 16.0. The van der Waals surface area contributed by atoms with E-state index in [2.05, 4.69) is 5.32 Å². The second-order valence-electron chi connectivity index (χ2n) is 6.39. The van der Waals surface area contributed by atoms with Crippen molar-refractivity contribution in [3.05, 3.63) is 60.2 Å². The Morgan fingerprint density at radius 3 is 2.31 bits per heavy atom. The van der Waals surface area contributed by atoms with E-state index in [9.17, 15) is 14.4 Å². The van der Waals surface area contributed by atoms with Gasteiger partial charge >= 0.3 is 12.0 Å². The van der Waals surface area contributed by atoms with Crippen molar-refractivity contribution in [3.63, 3.8) is 0 Å². The van der Waals surface area contributed by atoms with E-state index in [1.807, 2.05) is 30.3 Å². The predicted octanol–water partition coefficient (Wildman–Crippen LogP) is 2.13. The van der Waals surface area contributed by atoms with Crippen molar-refractivity contribution in [1.29, 1.82) is 0 Å². The number of nitrogens with one attached hydrogen (secondary N) is 1. The van der Waals surface area contributed by atoms with E-state index in [0.717, 1.165) is 10.5 Å². The van der Waals surface area contributed by atoms with Crippen LogP contribution in [-0.2, 0) is 20.9 Å². The number of carbonyl (C=O) groups is 3. The third-order valence-electron chi connectivity index (χ3n) is 4.21. The highest BCUT2D eigenvalue weighted by atomic mass is 16.6. The van der Waals surface area contributed by atoms with Crippen LogP contribution in [0.3, 0.4) is 0 Å². The van der Waals surface area contributed by atoms with Crippen LogP contribution >= 0.6 is 0 Å². The highest BCUT2D eigenvalue weighted by Crippen LogP contribution is 2.19. The maximum absolute atomic E-state index is 12.1. The molecule has 1 fully saturated rings. The highest BCUT2D eigenvalue weighted by Gasteiger charge is 2.31. The first-order chi connectivity index (χ1) is 14.0. The number of urea groups is 1. The van der Waals surface area contributed by atoms with E-state index in [1.54, 1.807) is 24.3 Å². The van der Waals surface area contributed by atoms with E-state index in [0.29, 0.717) is 24.7 Å². The normalized spacial score (nSPS) is 14.1. The van der Waals surface area contributed by atoms with Crippen molar-refractivity contribution in [3.8, 4) is 11.5 Å². The van der Waals surface area contributed by atoms with Gasteiger partial charge in [0.25, 0.3) is 5.91 Å². The Labute approximate surface area is 168 Å². The van der Waals surface area contributed by atoms with Crippen LogP contribution in [0.4, 0.5) is 4.79 Å². The molecule has 29 heavy (non-hydrogen) atoms. The molecule has 0 aromatic heterocycles. The maximum Gasteiger partial charge on any atom is 0.344 e. The topological polar surface area (TPSA) is 94.2 Å². The van der Waals surface area contributed by atoms with Crippen LogP contribution in [0.1, 0.15) is 12.5 Å². The zero-order valence-electron chi connectivity index (χ0n) is 16.0. The molecule has 1 saturated heterocycles. The van der Waals surface area contributed by atoms with Crippen molar-refractivity contribution >= 4 is 17.9 Å². The van der Waals surface area contributed by atoms with Crippen LogP contribution in [0.15, 0.2) is 54.6 Å². The fraction of sp³-hybridized carbons (Fsp3) is 0.286. The van der Waals surface area contributed by atoms with Gasteiger partial charge in [0.15, 0.2) is 12.7 Å². The van der Waals surface area contributed by atoms with E-state index < -0.39 is 24.0 Å². The first kappa shape index (κ1) is 20.2. The molecule has 152 valence electrons. The number of esters is 1. The minimum absolute atomic E-state index is 0.259. The van der Waals surface area contributed by atoms with Crippen LogP contribution in [0, 0.1) is 0 Å². The molecule has 8 nitrogen and oxygen atoms in total. The van der Waals surface area contributed by atoms with Crippen LogP contribution in [0.2, 0.25) is 0 Å². The Morgan fingerprint density at radius 1 is 1.03 bits per heavy atom.